The van der Waals surface area contributed by atoms with E-state index in [1.54, 1.807) is 17.2 Å². The lowest BCUT2D eigenvalue weighted by atomic mass is 10.1. The molecule has 1 aliphatic heterocycles. The summed E-state index contributed by atoms with van der Waals surface area (Å²) in [6, 6.07) is 5.72. The molecule has 1 saturated heterocycles. The molecule has 3 aromatic heterocycles. The SMILES string of the molecule is O=CCCN1CCN(C(=O)Cn2cc(NC(=O)c3cnn4cccnc34)c(-c3cc(Cl)ccc3OC(F)F)n2)CC1. The second kappa shape index (κ2) is 12.4. The minimum absolute atomic E-state index is 0.0763. The molecule has 1 aromatic carbocycles. The molecule has 0 unspecified atom stereocenters. The third-order valence-electron chi connectivity index (χ3n) is 6.53. The Balaban J connectivity index is 1.43. The van der Waals surface area contributed by atoms with Gasteiger partial charge in [-0.15, -0.1) is 0 Å². The van der Waals surface area contributed by atoms with Crippen molar-refractivity contribution in [2.24, 2.45) is 0 Å². The number of nitrogens with zero attached hydrogens (tertiary/aromatic N) is 7. The molecule has 0 aliphatic carbocycles. The third-order valence-corrected chi connectivity index (χ3v) is 6.77. The van der Waals surface area contributed by atoms with Crippen LogP contribution in [0, 0.1) is 0 Å². The van der Waals surface area contributed by atoms with Crippen molar-refractivity contribution in [3.63, 3.8) is 0 Å². The van der Waals surface area contributed by atoms with Crippen LogP contribution in [0.2, 0.25) is 5.02 Å². The number of anilines is 1. The summed E-state index contributed by atoms with van der Waals surface area (Å²) in [4.78, 5) is 45.0. The minimum Gasteiger partial charge on any atom is -0.434 e. The molecule has 4 aromatic rings. The Bertz CT molecular complexity index is 1570. The van der Waals surface area contributed by atoms with Crippen LogP contribution in [-0.2, 0) is 16.1 Å². The zero-order chi connectivity index (χ0) is 28.9. The minimum atomic E-state index is -3.12. The van der Waals surface area contributed by atoms with Crippen molar-refractivity contribution in [3.8, 4) is 17.0 Å². The summed E-state index contributed by atoms with van der Waals surface area (Å²) in [5.74, 6) is -0.995. The van der Waals surface area contributed by atoms with Crippen LogP contribution in [-0.4, -0.2) is 91.6 Å². The van der Waals surface area contributed by atoms with Gasteiger partial charge >= 0.3 is 6.61 Å². The van der Waals surface area contributed by atoms with E-state index in [0.717, 1.165) is 6.29 Å². The molecule has 1 N–H and O–H groups in total. The van der Waals surface area contributed by atoms with Crippen LogP contribution in [0.4, 0.5) is 14.5 Å². The molecular weight excluding hydrogens is 562 g/mol. The van der Waals surface area contributed by atoms with Crippen molar-refractivity contribution < 1.29 is 27.9 Å². The van der Waals surface area contributed by atoms with Crippen LogP contribution in [0.5, 0.6) is 5.75 Å². The van der Waals surface area contributed by atoms with Crippen LogP contribution in [0.1, 0.15) is 16.8 Å². The summed E-state index contributed by atoms with van der Waals surface area (Å²) in [5.41, 5.74) is 0.792. The van der Waals surface area contributed by atoms with E-state index in [2.05, 4.69) is 30.1 Å². The van der Waals surface area contributed by atoms with Crippen LogP contribution in [0.15, 0.2) is 49.1 Å². The number of aldehydes is 1. The normalized spacial score (nSPS) is 14.0. The van der Waals surface area contributed by atoms with Gasteiger partial charge in [-0.2, -0.15) is 19.0 Å². The first-order chi connectivity index (χ1) is 19.8. The van der Waals surface area contributed by atoms with E-state index in [9.17, 15) is 23.2 Å². The second-order valence-corrected chi connectivity index (χ2v) is 9.62. The first-order valence-electron chi connectivity index (χ1n) is 12.7. The zero-order valence-corrected chi connectivity index (χ0v) is 22.4. The van der Waals surface area contributed by atoms with Crippen molar-refractivity contribution in [1.82, 2.24) is 34.2 Å². The predicted molar refractivity (Wildman–Crippen MR) is 144 cm³/mol. The maximum absolute atomic E-state index is 13.3. The third kappa shape index (κ3) is 6.49. The molecule has 15 heteroatoms. The molecule has 0 spiro atoms. The molecular formula is C26H25ClF2N8O4. The summed E-state index contributed by atoms with van der Waals surface area (Å²) in [6.07, 6.45) is 7.25. The Hall–Kier alpha value is -4.43. The standard InChI is InChI=1S/C26H25ClF2N8O4/c27-17-3-4-21(41-26(28)29)18(13-17)23-20(32-25(40)19-14-31-37-7-1-5-30-24(19)37)15-36(33-23)16-22(39)35-10-8-34(9-11-35)6-2-12-38/h1,3-5,7,12-15,26H,2,6,8-11,16H2,(H,32,40). The molecule has 5 rings (SSSR count). The van der Waals surface area contributed by atoms with Gasteiger partial charge in [0.2, 0.25) is 5.91 Å². The lowest BCUT2D eigenvalue weighted by Gasteiger charge is -2.34. The molecule has 214 valence electrons. The molecule has 0 saturated carbocycles. The van der Waals surface area contributed by atoms with Crippen LogP contribution in [0.25, 0.3) is 16.9 Å². The van der Waals surface area contributed by atoms with Crippen molar-refractivity contribution in [1.29, 1.82) is 0 Å². The molecule has 4 heterocycles. The largest absolute Gasteiger partial charge is 0.434 e. The first kappa shape index (κ1) is 28.1. The maximum Gasteiger partial charge on any atom is 0.387 e. The molecule has 12 nitrogen and oxygen atoms in total. The van der Waals surface area contributed by atoms with Gasteiger partial charge in [0, 0.05) is 68.3 Å². The number of fused-ring (bicyclic) bond motifs is 1. The number of aromatic nitrogens is 5. The number of piperazine rings is 1. The van der Waals surface area contributed by atoms with Gasteiger partial charge in [-0.3, -0.25) is 19.2 Å². The number of carbonyl (C=O) groups is 3. The highest BCUT2D eigenvalue weighted by molar-refractivity contribution is 6.31. The Morgan fingerprint density at radius 2 is 2.00 bits per heavy atom. The van der Waals surface area contributed by atoms with Crippen molar-refractivity contribution >= 4 is 41.0 Å². The number of halogens is 3. The lowest BCUT2D eigenvalue weighted by molar-refractivity contribution is -0.133. The van der Waals surface area contributed by atoms with Crippen molar-refractivity contribution in [3.05, 3.63) is 59.6 Å². The van der Waals surface area contributed by atoms with Gasteiger partial charge in [-0.1, -0.05) is 11.6 Å². The number of rotatable bonds is 10. The monoisotopic (exact) mass is 586 g/mol. The highest BCUT2D eigenvalue weighted by atomic mass is 35.5. The van der Waals surface area contributed by atoms with Gasteiger partial charge in [-0.25, -0.2) is 9.50 Å². The number of carbonyl (C=O) groups excluding carboxylic acids is 3. The summed E-state index contributed by atoms with van der Waals surface area (Å²) >= 11 is 6.18. The number of hydrogen-bond acceptors (Lipinski definition) is 8. The summed E-state index contributed by atoms with van der Waals surface area (Å²) in [7, 11) is 0. The fraction of sp³-hybridized carbons (Fsp3) is 0.308. The smallest absolute Gasteiger partial charge is 0.387 e. The Morgan fingerprint density at radius 3 is 2.76 bits per heavy atom. The maximum atomic E-state index is 13.3. The van der Waals surface area contributed by atoms with E-state index in [4.69, 9.17) is 11.6 Å². The van der Waals surface area contributed by atoms with E-state index >= 15 is 0 Å². The topological polar surface area (TPSA) is 127 Å². The second-order valence-electron chi connectivity index (χ2n) is 9.19. The van der Waals surface area contributed by atoms with Gasteiger partial charge in [-0.05, 0) is 24.3 Å². The molecule has 1 aliphatic rings. The molecule has 41 heavy (non-hydrogen) atoms. The van der Waals surface area contributed by atoms with Gasteiger partial charge in [0.15, 0.2) is 5.65 Å². The van der Waals surface area contributed by atoms with Crippen molar-refractivity contribution in [2.75, 3.05) is 38.0 Å². The van der Waals surface area contributed by atoms with Crippen LogP contribution in [0.3, 0.4) is 0 Å². The van der Waals surface area contributed by atoms with E-state index in [0.29, 0.717) is 44.8 Å². The summed E-state index contributed by atoms with van der Waals surface area (Å²) in [6.45, 7) is -0.406. The Labute approximate surface area is 237 Å². The van der Waals surface area contributed by atoms with Crippen molar-refractivity contribution in [2.45, 2.75) is 19.6 Å². The zero-order valence-electron chi connectivity index (χ0n) is 21.6. The molecule has 0 radical (unpaired) electrons. The summed E-state index contributed by atoms with van der Waals surface area (Å²) in [5, 5.41) is 11.5. The average molecular weight is 587 g/mol. The number of nitrogens with one attached hydrogen (secondary N) is 1. The van der Waals surface area contributed by atoms with Gasteiger partial charge < -0.3 is 19.7 Å². The van der Waals surface area contributed by atoms with E-state index in [-0.39, 0.29) is 45.7 Å². The fourth-order valence-corrected chi connectivity index (χ4v) is 4.72. The average Bonchev–Trinajstić information content (AvgIpc) is 3.57. The first-order valence-corrected chi connectivity index (χ1v) is 13.1. The van der Waals surface area contributed by atoms with Gasteiger partial charge in [0.05, 0.1) is 11.9 Å². The number of alkyl halides is 2. The molecule has 0 atom stereocenters. The molecule has 0 bridgehead atoms. The quantitative estimate of drug-likeness (QED) is 0.281. The Kier molecular flexibility index (Phi) is 8.50. The van der Waals surface area contributed by atoms with Gasteiger partial charge in [0.1, 0.15) is 29.8 Å². The predicted octanol–water partition coefficient (Wildman–Crippen LogP) is 2.83. The van der Waals surface area contributed by atoms with Gasteiger partial charge in [0.25, 0.3) is 5.91 Å². The van der Waals surface area contributed by atoms with E-state index in [1.807, 2.05) is 0 Å². The fourth-order valence-electron chi connectivity index (χ4n) is 4.55. The highest BCUT2D eigenvalue weighted by Gasteiger charge is 2.25. The lowest BCUT2D eigenvalue weighted by Crippen LogP contribution is -2.49. The number of amides is 2. The number of ether oxygens (including phenoxy) is 1. The molecule has 1 fully saturated rings. The van der Waals surface area contributed by atoms with Crippen LogP contribution >= 0.6 is 11.6 Å². The van der Waals surface area contributed by atoms with Crippen LogP contribution < -0.4 is 10.1 Å². The van der Waals surface area contributed by atoms with E-state index in [1.165, 1.54) is 46.0 Å². The molecule has 2 amide bonds. The highest BCUT2D eigenvalue weighted by Crippen LogP contribution is 2.37. The van der Waals surface area contributed by atoms with E-state index < -0.39 is 12.5 Å². The summed E-state index contributed by atoms with van der Waals surface area (Å²) < 4.78 is 33.9. The number of benzene rings is 1. The Morgan fingerprint density at radius 1 is 1.20 bits per heavy atom. The number of hydrogen-bond donors (Lipinski definition) is 1.